The van der Waals surface area contributed by atoms with Crippen molar-refractivity contribution in [3.63, 3.8) is 0 Å². The molecule has 0 saturated heterocycles. The van der Waals surface area contributed by atoms with Gasteiger partial charge in [0.05, 0.1) is 17.9 Å². The number of aliphatic hydroxyl groups excluding tert-OH is 1. The Bertz CT molecular complexity index is 1040. The molecule has 4 rings (SSSR count). The van der Waals surface area contributed by atoms with Gasteiger partial charge in [0, 0.05) is 6.42 Å². The van der Waals surface area contributed by atoms with Gasteiger partial charge < -0.3 is 19.3 Å². The molecule has 10 atom stereocenters. The zero-order chi connectivity index (χ0) is 32.7. The Morgan fingerprint density at radius 3 is 2.20 bits per heavy atom. The number of hydrogen-bond acceptors (Lipinski definition) is 7. The molecule has 0 heterocycles. The van der Waals surface area contributed by atoms with Gasteiger partial charge in [-0.25, -0.2) is 0 Å². The van der Waals surface area contributed by atoms with E-state index in [4.69, 9.17) is 14.2 Å². The number of aliphatic hydroxyl groups is 1. The van der Waals surface area contributed by atoms with Gasteiger partial charge in [0.25, 0.3) is 0 Å². The maximum atomic E-state index is 12.8. The second-order valence-electron chi connectivity index (χ2n) is 17.1. The van der Waals surface area contributed by atoms with Crippen LogP contribution in [0.2, 0.25) is 0 Å². The van der Waals surface area contributed by atoms with Crippen LogP contribution >= 0.6 is 0 Å². The lowest BCUT2D eigenvalue weighted by Crippen LogP contribution is -2.59. The van der Waals surface area contributed by atoms with E-state index >= 15 is 0 Å². The van der Waals surface area contributed by atoms with Crippen LogP contribution < -0.4 is 0 Å². The lowest BCUT2D eigenvalue weighted by atomic mass is 9.43. The van der Waals surface area contributed by atoms with Crippen LogP contribution in [-0.2, 0) is 28.6 Å². The van der Waals surface area contributed by atoms with Gasteiger partial charge in [0.15, 0.2) is 0 Å². The highest BCUT2D eigenvalue weighted by Gasteiger charge is 2.63. The lowest BCUT2D eigenvalue weighted by molar-refractivity contribution is -0.186. The predicted octanol–water partition coefficient (Wildman–Crippen LogP) is 7.66. The molecule has 8 unspecified atom stereocenters. The fraction of sp³-hybridized carbons (Fsp3) is 0.919. The molecule has 0 aromatic carbocycles. The molecular weight excluding hydrogens is 556 g/mol. The third-order valence-electron chi connectivity index (χ3n) is 12.9. The molecule has 4 aliphatic carbocycles. The molecule has 44 heavy (non-hydrogen) atoms. The van der Waals surface area contributed by atoms with E-state index in [1.807, 2.05) is 41.5 Å². The topological polar surface area (TPSA) is 99.1 Å². The Labute approximate surface area is 266 Å². The molecule has 0 bridgehead atoms. The van der Waals surface area contributed by atoms with E-state index in [0.717, 1.165) is 57.8 Å². The average Bonchev–Trinajstić information content (AvgIpc) is 3.28. The van der Waals surface area contributed by atoms with E-state index in [1.54, 1.807) is 0 Å². The van der Waals surface area contributed by atoms with E-state index in [1.165, 1.54) is 6.42 Å². The number of esters is 3. The van der Waals surface area contributed by atoms with E-state index in [0.29, 0.717) is 41.9 Å². The van der Waals surface area contributed by atoms with Crippen molar-refractivity contribution in [3.8, 4) is 0 Å². The number of hydrogen-bond donors (Lipinski definition) is 1. The SMILES string of the molecule is CCC(C)(C)C(=O)OC1CC[C@@]2(C)C(C1)CC(O)C1C3CCC(C(C)CCC(=O)OCCC(=O)OC(C)(C)C)[C@@]3(C)CCC12. The molecule has 252 valence electrons. The first-order valence-corrected chi connectivity index (χ1v) is 17.7. The van der Waals surface area contributed by atoms with Gasteiger partial charge in [0.1, 0.15) is 18.3 Å². The minimum absolute atomic E-state index is 0.0373. The molecule has 4 saturated carbocycles. The van der Waals surface area contributed by atoms with Crippen molar-refractivity contribution >= 4 is 17.9 Å². The van der Waals surface area contributed by atoms with Crippen LogP contribution in [0.1, 0.15) is 139 Å². The molecule has 0 aromatic heterocycles. The van der Waals surface area contributed by atoms with E-state index in [2.05, 4.69) is 20.8 Å². The number of carbonyl (C=O) groups is 3. The van der Waals surface area contributed by atoms with Crippen molar-refractivity contribution in [1.82, 2.24) is 0 Å². The largest absolute Gasteiger partial charge is 0.465 e. The Morgan fingerprint density at radius 1 is 0.886 bits per heavy atom. The maximum Gasteiger partial charge on any atom is 0.311 e. The van der Waals surface area contributed by atoms with Crippen LogP contribution in [0, 0.1) is 51.8 Å². The molecular formula is C37H62O7. The monoisotopic (exact) mass is 618 g/mol. The molecule has 4 aliphatic rings. The first-order chi connectivity index (χ1) is 20.4. The van der Waals surface area contributed by atoms with Crippen molar-refractivity contribution in [3.05, 3.63) is 0 Å². The first-order valence-electron chi connectivity index (χ1n) is 17.7. The third-order valence-corrected chi connectivity index (χ3v) is 12.9. The standard InChI is InChI=1S/C37H62O7/c1-10-35(6,7)33(41)43-25-15-18-36(8)24(21-25)22-29(38)32-27-13-12-26(37(27,9)19-16-28(32)36)23(2)11-14-30(39)42-20-17-31(40)44-34(3,4)5/h23-29,32,38H,10-22H2,1-9H3/t23?,24?,25?,26?,27?,28?,29?,32?,36-,37+/m0/s1. The van der Waals surface area contributed by atoms with E-state index in [9.17, 15) is 19.5 Å². The van der Waals surface area contributed by atoms with Crippen LogP contribution in [0.25, 0.3) is 0 Å². The van der Waals surface area contributed by atoms with Gasteiger partial charge in [-0.3, -0.25) is 14.4 Å². The average molecular weight is 619 g/mol. The van der Waals surface area contributed by atoms with E-state index < -0.39 is 11.0 Å². The summed E-state index contributed by atoms with van der Waals surface area (Å²) in [5, 5.41) is 11.7. The molecule has 7 nitrogen and oxygen atoms in total. The number of ether oxygens (including phenoxy) is 3. The fourth-order valence-electron chi connectivity index (χ4n) is 9.98. The molecule has 0 aliphatic heterocycles. The van der Waals surface area contributed by atoms with E-state index in [-0.39, 0.29) is 54.0 Å². The second-order valence-corrected chi connectivity index (χ2v) is 17.1. The summed E-state index contributed by atoms with van der Waals surface area (Å²) in [6.07, 6.45) is 9.93. The summed E-state index contributed by atoms with van der Waals surface area (Å²) < 4.78 is 16.7. The highest BCUT2D eigenvalue weighted by molar-refractivity contribution is 5.76. The normalized spacial score (nSPS) is 37.6. The van der Waals surface area contributed by atoms with Crippen molar-refractivity contribution in [2.45, 2.75) is 157 Å². The van der Waals surface area contributed by atoms with Gasteiger partial charge in [-0.15, -0.1) is 0 Å². The summed E-state index contributed by atoms with van der Waals surface area (Å²) >= 11 is 0. The van der Waals surface area contributed by atoms with Crippen molar-refractivity contribution in [2.24, 2.45) is 51.8 Å². The summed E-state index contributed by atoms with van der Waals surface area (Å²) in [5.41, 5.74) is -0.644. The highest BCUT2D eigenvalue weighted by atomic mass is 16.6. The molecule has 0 spiro atoms. The zero-order valence-corrected chi connectivity index (χ0v) is 29.2. The molecule has 4 fully saturated rings. The summed E-state index contributed by atoms with van der Waals surface area (Å²) in [6, 6.07) is 0. The molecule has 7 heteroatoms. The van der Waals surface area contributed by atoms with Crippen molar-refractivity contribution in [1.29, 1.82) is 0 Å². The minimum Gasteiger partial charge on any atom is -0.465 e. The lowest BCUT2D eigenvalue weighted by Gasteiger charge is -2.62. The van der Waals surface area contributed by atoms with Crippen molar-refractivity contribution < 1.29 is 33.7 Å². The Balaban J connectivity index is 1.32. The van der Waals surface area contributed by atoms with Crippen LogP contribution in [0.15, 0.2) is 0 Å². The number of rotatable bonds is 10. The second kappa shape index (κ2) is 13.2. The smallest absolute Gasteiger partial charge is 0.311 e. The van der Waals surface area contributed by atoms with Crippen LogP contribution in [0.3, 0.4) is 0 Å². The van der Waals surface area contributed by atoms with Gasteiger partial charge in [-0.05, 0) is 145 Å². The summed E-state index contributed by atoms with van der Waals surface area (Å²) in [6.45, 7) is 18.7. The summed E-state index contributed by atoms with van der Waals surface area (Å²) in [7, 11) is 0. The Morgan fingerprint density at radius 2 is 1.55 bits per heavy atom. The minimum atomic E-state index is -0.542. The van der Waals surface area contributed by atoms with Gasteiger partial charge >= 0.3 is 17.9 Å². The van der Waals surface area contributed by atoms with Gasteiger partial charge in [0.2, 0.25) is 0 Å². The van der Waals surface area contributed by atoms with Gasteiger partial charge in [-0.1, -0.05) is 27.7 Å². The zero-order valence-electron chi connectivity index (χ0n) is 29.2. The third kappa shape index (κ3) is 7.33. The number of carbonyl (C=O) groups excluding carboxylic acids is 3. The maximum absolute atomic E-state index is 12.8. The highest BCUT2D eigenvalue weighted by Crippen LogP contribution is 2.68. The molecule has 0 amide bonds. The predicted molar refractivity (Wildman–Crippen MR) is 170 cm³/mol. The number of fused-ring (bicyclic) bond motifs is 5. The van der Waals surface area contributed by atoms with Gasteiger partial charge in [-0.2, -0.15) is 0 Å². The molecule has 0 radical (unpaired) electrons. The quantitative estimate of drug-likeness (QED) is 0.198. The van der Waals surface area contributed by atoms with Crippen molar-refractivity contribution in [2.75, 3.05) is 6.61 Å². The molecule has 1 N–H and O–H groups in total. The van der Waals surface area contributed by atoms with Crippen LogP contribution in [0.4, 0.5) is 0 Å². The van der Waals surface area contributed by atoms with Crippen LogP contribution in [-0.4, -0.2) is 47.4 Å². The Kier molecular flexibility index (Phi) is 10.6. The summed E-state index contributed by atoms with van der Waals surface area (Å²) in [5.74, 6) is 1.95. The van der Waals surface area contributed by atoms with Crippen LogP contribution in [0.5, 0.6) is 0 Å². The molecule has 0 aromatic rings. The first kappa shape index (κ1) is 35.2. The Hall–Kier alpha value is -1.63. The fourth-order valence-corrected chi connectivity index (χ4v) is 9.98. The summed E-state index contributed by atoms with van der Waals surface area (Å²) in [4.78, 5) is 37.2.